The van der Waals surface area contributed by atoms with Gasteiger partial charge < -0.3 is 9.31 Å². The third kappa shape index (κ3) is 1.86. The number of fused-ring (bicyclic) bond motifs is 2. The Labute approximate surface area is 102 Å². The van der Waals surface area contributed by atoms with Gasteiger partial charge in [0.15, 0.2) is 0 Å². The molecule has 0 amide bonds. The predicted molar refractivity (Wildman–Crippen MR) is 69.7 cm³/mol. The van der Waals surface area contributed by atoms with E-state index in [-0.39, 0.29) is 7.12 Å². The van der Waals surface area contributed by atoms with Crippen molar-refractivity contribution >= 4 is 12.7 Å². The van der Waals surface area contributed by atoms with Crippen molar-refractivity contribution in [3.05, 3.63) is 47.7 Å². The fourth-order valence-corrected chi connectivity index (χ4v) is 2.31. The highest BCUT2D eigenvalue weighted by atomic mass is 16.6. The highest BCUT2D eigenvalue weighted by Crippen LogP contribution is 2.37. The third-order valence-corrected chi connectivity index (χ3v) is 3.19. The fourth-order valence-electron chi connectivity index (χ4n) is 2.31. The van der Waals surface area contributed by atoms with Crippen LogP contribution in [0.3, 0.4) is 0 Å². The zero-order chi connectivity index (χ0) is 11.7. The van der Waals surface area contributed by atoms with Gasteiger partial charge in [0.05, 0.1) is 0 Å². The van der Waals surface area contributed by atoms with E-state index < -0.39 is 0 Å². The Bertz CT molecular complexity index is 491. The van der Waals surface area contributed by atoms with Crippen LogP contribution in [0, 0.1) is 0 Å². The molecule has 17 heavy (non-hydrogen) atoms. The summed E-state index contributed by atoms with van der Waals surface area (Å²) >= 11 is 0. The molecule has 0 N–H and O–H groups in total. The highest BCUT2D eigenvalue weighted by molar-refractivity contribution is 6.46. The van der Waals surface area contributed by atoms with Gasteiger partial charge in [-0.3, -0.25) is 0 Å². The summed E-state index contributed by atoms with van der Waals surface area (Å²) in [4.78, 5) is 0. The molecule has 2 aliphatic rings. The molecule has 1 heterocycles. The Kier molecular flexibility index (Phi) is 2.67. The molecule has 3 heteroatoms. The minimum Gasteiger partial charge on any atom is -0.526 e. The van der Waals surface area contributed by atoms with E-state index in [4.69, 9.17) is 9.31 Å². The first-order valence-electron chi connectivity index (χ1n) is 6.21. The molecule has 0 bridgehead atoms. The lowest BCUT2D eigenvalue weighted by molar-refractivity contribution is 0.362. The van der Waals surface area contributed by atoms with Crippen molar-refractivity contribution in [3.8, 4) is 5.75 Å². The summed E-state index contributed by atoms with van der Waals surface area (Å²) in [5.74, 6) is 1.92. The maximum Gasteiger partial charge on any atom is 0.594 e. The first-order chi connectivity index (χ1) is 8.38. The highest BCUT2D eigenvalue weighted by Gasteiger charge is 2.28. The van der Waals surface area contributed by atoms with Crippen LogP contribution in [-0.4, -0.2) is 7.12 Å². The van der Waals surface area contributed by atoms with Crippen molar-refractivity contribution in [1.82, 2.24) is 0 Å². The second kappa shape index (κ2) is 4.32. The van der Waals surface area contributed by atoms with Crippen LogP contribution < -0.4 is 4.65 Å². The smallest absolute Gasteiger partial charge is 0.526 e. The molecule has 0 saturated carbocycles. The molecule has 0 aromatic heterocycles. The summed E-state index contributed by atoms with van der Waals surface area (Å²) in [5, 5.41) is 0. The van der Waals surface area contributed by atoms with Gasteiger partial charge in [-0.1, -0.05) is 31.2 Å². The van der Waals surface area contributed by atoms with Gasteiger partial charge in [0.1, 0.15) is 11.5 Å². The topological polar surface area (TPSA) is 18.5 Å². The number of rotatable bonds is 1. The first kappa shape index (κ1) is 10.5. The van der Waals surface area contributed by atoms with Crippen molar-refractivity contribution in [2.24, 2.45) is 0 Å². The Balaban J connectivity index is 2.13. The van der Waals surface area contributed by atoms with Crippen molar-refractivity contribution in [3.63, 3.8) is 0 Å². The van der Waals surface area contributed by atoms with Gasteiger partial charge in [-0.15, -0.1) is 0 Å². The van der Waals surface area contributed by atoms with Crippen molar-refractivity contribution in [2.45, 2.75) is 26.1 Å². The van der Waals surface area contributed by atoms with Crippen molar-refractivity contribution in [2.75, 3.05) is 0 Å². The largest absolute Gasteiger partial charge is 0.594 e. The Morgan fingerprint density at radius 2 is 2.12 bits per heavy atom. The van der Waals surface area contributed by atoms with E-state index in [2.05, 4.69) is 31.2 Å². The lowest BCUT2D eigenvalue weighted by Crippen LogP contribution is -2.23. The van der Waals surface area contributed by atoms with E-state index in [1.54, 1.807) is 0 Å². The molecule has 0 unspecified atom stereocenters. The fraction of sp³-hybridized carbons (Fsp3) is 0.286. The summed E-state index contributed by atoms with van der Waals surface area (Å²) in [6.07, 6.45) is 7.20. The van der Waals surface area contributed by atoms with Gasteiger partial charge in [-0.05, 0) is 25.0 Å². The molecule has 0 spiro atoms. The summed E-state index contributed by atoms with van der Waals surface area (Å²) in [6, 6.07) is 8.20. The lowest BCUT2D eigenvalue weighted by Gasteiger charge is -2.15. The van der Waals surface area contributed by atoms with Crippen LogP contribution in [0.4, 0.5) is 0 Å². The summed E-state index contributed by atoms with van der Waals surface area (Å²) < 4.78 is 11.8. The van der Waals surface area contributed by atoms with Crippen LogP contribution in [0.2, 0.25) is 6.32 Å². The second-order valence-corrected chi connectivity index (χ2v) is 4.35. The zero-order valence-corrected chi connectivity index (χ0v) is 9.98. The first-order valence-corrected chi connectivity index (χ1v) is 6.21. The summed E-state index contributed by atoms with van der Waals surface area (Å²) in [7, 11) is -0.175. The Morgan fingerprint density at radius 3 is 3.00 bits per heavy atom. The lowest BCUT2D eigenvalue weighted by atomic mass is 9.85. The van der Waals surface area contributed by atoms with Crippen LogP contribution in [0.25, 0.3) is 5.57 Å². The molecular weight excluding hydrogens is 211 g/mol. The van der Waals surface area contributed by atoms with E-state index in [1.807, 2.05) is 12.1 Å². The molecular formula is C14H15BO2. The van der Waals surface area contributed by atoms with Crippen LogP contribution in [0.1, 0.15) is 25.3 Å². The minimum atomic E-state index is -0.175. The average molecular weight is 226 g/mol. The molecule has 1 aromatic rings. The van der Waals surface area contributed by atoms with Crippen LogP contribution in [0.5, 0.6) is 5.75 Å². The molecule has 0 saturated heterocycles. The molecule has 1 aliphatic carbocycles. The van der Waals surface area contributed by atoms with Gasteiger partial charge in [0.2, 0.25) is 0 Å². The number of para-hydroxylation sites is 1. The van der Waals surface area contributed by atoms with Gasteiger partial charge in [0.25, 0.3) is 0 Å². The molecule has 86 valence electrons. The molecule has 1 aliphatic heterocycles. The quantitative estimate of drug-likeness (QED) is 0.680. The Morgan fingerprint density at radius 1 is 1.24 bits per heavy atom. The average Bonchev–Trinajstić information content (AvgIpc) is 2.55. The molecule has 0 fully saturated rings. The van der Waals surface area contributed by atoms with Crippen LogP contribution in [-0.2, 0) is 4.65 Å². The van der Waals surface area contributed by atoms with Crippen molar-refractivity contribution < 1.29 is 9.31 Å². The standard InChI is InChI=1S/C14H15BO2/c1-2-15-16-13-9-5-3-7-11(13)12-8-4-6-10-14(12)17-15/h3,5-7,9-10H,2,4,8H2,1H3. The predicted octanol–water partition coefficient (Wildman–Crippen LogP) is 3.66. The molecule has 0 atom stereocenters. The van der Waals surface area contributed by atoms with E-state index in [9.17, 15) is 0 Å². The summed E-state index contributed by atoms with van der Waals surface area (Å²) in [6.45, 7) is 2.07. The SMILES string of the molecule is CCB1OC2=C(CCC=C2)c2ccccc2O1. The molecule has 3 rings (SSSR count). The van der Waals surface area contributed by atoms with E-state index in [0.717, 1.165) is 30.7 Å². The number of hydrogen-bond acceptors (Lipinski definition) is 2. The van der Waals surface area contributed by atoms with Crippen LogP contribution in [0.15, 0.2) is 42.2 Å². The molecule has 0 radical (unpaired) electrons. The van der Waals surface area contributed by atoms with E-state index in [0.29, 0.717) is 0 Å². The molecule has 2 nitrogen and oxygen atoms in total. The van der Waals surface area contributed by atoms with Gasteiger partial charge in [-0.25, -0.2) is 0 Å². The zero-order valence-electron chi connectivity index (χ0n) is 9.98. The molecule has 1 aromatic carbocycles. The van der Waals surface area contributed by atoms with E-state index in [1.165, 1.54) is 11.1 Å². The maximum atomic E-state index is 5.92. The van der Waals surface area contributed by atoms with Gasteiger partial charge in [0, 0.05) is 17.5 Å². The van der Waals surface area contributed by atoms with Gasteiger partial charge in [-0.2, -0.15) is 0 Å². The maximum absolute atomic E-state index is 5.92. The van der Waals surface area contributed by atoms with Gasteiger partial charge >= 0.3 is 7.12 Å². The monoisotopic (exact) mass is 226 g/mol. The normalized spacial score (nSPS) is 17.8. The Hall–Kier alpha value is -1.64. The van der Waals surface area contributed by atoms with Crippen LogP contribution >= 0.6 is 0 Å². The number of benzene rings is 1. The van der Waals surface area contributed by atoms with Crippen molar-refractivity contribution in [1.29, 1.82) is 0 Å². The number of allylic oxidation sites excluding steroid dienone is 3. The number of hydrogen-bond donors (Lipinski definition) is 0. The summed E-state index contributed by atoms with van der Waals surface area (Å²) in [5.41, 5.74) is 2.46. The third-order valence-electron chi connectivity index (χ3n) is 3.19. The second-order valence-electron chi connectivity index (χ2n) is 4.35. The van der Waals surface area contributed by atoms with E-state index >= 15 is 0 Å². The minimum absolute atomic E-state index is 0.175.